The molecule has 1 aromatic rings. The topological polar surface area (TPSA) is 32.7 Å². The Kier molecular flexibility index (Phi) is 4.33. The van der Waals surface area contributed by atoms with Crippen molar-refractivity contribution in [3.8, 4) is 5.75 Å². The number of likely N-dealkylation sites (tertiary alicyclic amines) is 1. The first-order valence-corrected chi connectivity index (χ1v) is 10.4. The van der Waals surface area contributed by atoms with Crippen LogP contribution >= 0.6 is 23.5 Å². The summed E-state index contributed by atoms with van der Waals surface area (Å²) in [6.07, 6.45) is 0. The summed E-state index contributed by atoms with van der Waals surface area (Å²) in [7, 11) is 0. The van der Waals surface area contributed by atoms with E-state index in [1.165, 1.54) is 28.6 Å². The van der Waals surface area contributed by atoms with Gasteiger partial charge in [0.25, 0.3) is 0 Å². The largest absolute Gasteiger partial charge is 0.493 e. The first-order valence-electron chi connectivity index (χ1n) is 8.04. The van der Waals surface area contributed by atoms with Gasteiger partial charge in [-0.25, -0.2) is 0 Å². The van der Waals surface area contributed by atoms with Crippen LogP contribution in [0.1, 0.15) is 11.5 Å². The number of hydrogen-bond acceptors (Lipinski definition) is 5. The van der Waals surface area contributed by atoms with E-state index in [-0.39, 0.29) is 12.0 Å². The van der Waals surface area contributed by atoms with E-state index in [0.717, 1.165) is 18.8 Å². The van der Waals surface area contributed by atoms with Crippen molar-refractivity contribution in [1.29, 1.82) is 0 Å². The van der Waals surface area contributed by atoms with Gasteiger partial charge in [0.05, 0.1) is 13.2 Å². The molecular formula is C17H23NO2S2. The molecule has 0 unspecified atom stereocenters. The average molecular weight is 338 g/mol. The van der Waals surface area contributed by atoms with Crippen molar-refractivity contribution in [3.63, 3.8) is 0 Å². The SMILES string of the molecule is OC[C@]12COc3ccccc3[C@H]1CN(C1CSCCSC1)C2. The van der Waals surface area contributed by atoms with E-state index in [4.69, 9.17) is 4.74 Å². The molecule has 2 fully saturated rings. The van der Waals surface area contributed by atoms with Crippen molar-refractivity contribution in [1.82, 2.24) is 4.90 Å². The van der Waals surface area contributed by atoms with Gasteiger partial charge in [-0.1, -0.05) is 18.2 Å². The molecule has 1 N–H and O–H groups in total. The van der Waals surface area contributed by atoms with Crippen LogP contribution in [0.3, 0.4) is 0 Å². The number of hydrogen-bond donors (Lipinski definition) is 1. The zero-order valence-corrected chi connectivity index (χ0v) is 14.4. The smallest absolute Gasteiger partial charge is 0.122 e. The summed E-state index contributed by atoms with van der Waals surface area (Å²) < 4.78 is 5.99. The third-order valence-corrected chi connectivity index (χ3v) is 7.79. The van der Waals surface area contributed by atoms with Gasteiger partial charge < -0.3 is 9.84 Å². The van der Waals surface area contributed by atoms with Crippen LogP contribution in [0.2, 0.25) is 0 Å². The van der Waals surface area contributed by atoms with Gasteiger partial charge in [0.2, 0.25) is 0 Å². The second-order valence-corrected chi connectivity index (χ2v) is 8.93. The van der Waals surface area contributed by atoms with Crippen LogP contribution in [-0.4, -0.2) is 65.4 Å². The second kappa shape index (κ2) is 6.27. The summed E-state index contributed by atoms with van der Waals surface area (Å²) >= 11 is 4.16. The van der Waals surface area contributed by atoms with Crippen molar-refractivity contribution in [2.24, 2.45) is 5.41 Å². The molecule has 0 amide bonds. The number of rotatable bonds is 2. The van der Waals surface area contributed by atoms with Crippen molar-refractivity contribution >= 4 is 23.5 Å². The van der Waals surface area contributed by atoms with E-state index in [1.54, 1.807) is 0 Å². The lowest BCUT2D eigenvalue weighted by molar-refractivity contribution is 0.0445. The predicted molar refractivity (Wildman–Crippen MR) is 94.2 cm³/mol. The lowest BCUT2D eigenvalue weighted by atomic mass is 9.74. The summed E-state index contributed by atoms with van der Waals surface area (Å²) in [4.78, 5) is 2.62. The predicted octanol–water partition coefficient (Wildman–Crippen LogP) is 2.31. The van der Waals surface area contributed by atoms with E-state index >= 15 is 0 Å². The minimum absolute atomic E-state index is 0.115. The third kappa shape index (κ3) is 2.56. The minimum Gasteiger partial charge on any atom is -0.493 e. The molecule has 1 aromatic carbocycles. The van der Waals surface area contributed by atoms with Gasteiger partial charge in [0.1, 0.15) is 5.75 Å². The van der Waals surface area contributed by atoms with Crippen molar-refractivity contribution in [2.45, 2.75) is 12.0 Å². The molecule has 2 atom stereocenters. The number of thioether (sulfide) groups is 2. The highest BCUT2D eigenvalue weighted by molar-refractivity contribution is 8.03. The maximum absolute atomic E-state index is 10.1. The lowest BCUT2D eigenvalue weighted by Gasteiger charge is -2.38. The van der Waals surface area contributed by atoms with Gasteiger partial charge in [-0.3, -0.25) is 4.90 Å². The lowest BCUT2D eigenvalue weighted by Crippen LogP contribution is -2.43. The Morgan fingerprint density at radius 1 is 1.23 bits per heavy atom. The first kappa shape index (κ1) is 15.2. The fraction of sp³-hybridized carbons (Fsp3) is 0.647. The minimum atomic E-state index is -0.115. The molecule has 3 heterocycles. The summed E-state index contributed by atoms with van der Waals surface area (Å²) in [6, 6.07) is 9.02. The van der Waals surface area contributed by atoms with Gasteiger partial charge in [-0.2, -0.15) is 23.5 Å². The molecule has 3 aliphatic heterocycles. The molecule has 0 spiro atoms. The average Bonchev–Trinajstić information content (AvgIpc) is 2.75. The molecule has 4 rings (SSSR count). The van der Waals surface area contributed by atoms with E-state index in [1.807, 2.05) is 6.07 Å². The second-order valence-electron chi connectivity index (χ2n) is 6.63. The molecule has 0 saturated carbocycles. The van der Waals surface area contributed by atoms with Crippen LogP contribution in [-0.2, 0) is 0 Å². The number of aliphatic hydroxyl groups is 1. The molecule has 5 heteroatoms. The van der Waals surface area contributed by atoms with Crippen LogP contribution < -0.4 is 4.74 Å². The Bertz CT molecular complexity index is 533. The summed E-state index contributed by atoms with van der Waals surface area (Å²) in [5.74, 6) is 6.42. The third-order valence-electron chi connectivity index (χ3n) is 5.31. The standard InChI is InChI=1S/C17H23NO2S2/c19-11-17-10-18(13-8-21-5-6-22-9-13)7-15(17)14-3-1-2-4-16(14)20-12-17/h1-4,13,15,19H,5-12H2/t15-,17-/m1/s1. The Hall–Kier alpha value is -0.360. The molecular weight excluding hydrogens is 314 g/mol. The van der Waals surface area contributed by atoms with E-state index in [2.05, 4.69) is 46.6 Å². The molecule has 2 saturated heterocycles. The molecule has 3 nitrogen and oxygen atoms in total. The van der Waals surface area contributed by atoms with Crippen LogP contribution in [0.25, 0.3) is 0 Å². The monoisotopic (exact) mass is 337 g/mol. The highest BCUT2D eigenvalue weighted by Gasteiger charge is 2.51. The number of benzene rings is 1. The number of aliphatic hydroxyl groups excluding tert-OH is 1. The van der Waals surface area contributed by atoms with Crippen LogP contribution in [0, 0.1) is 5.41 Å². The van der Waals surface area contributed by atoms with Crippen LogP contribution in [0.4, 0.5) is 0 Å². The Labute approximate surface area is 140 Å². The molecule has 120 valence electrons. The van der Waals surface area contributed by atoms with E-state index < -0.39 is 0 Å². The summed E-state index contributed by atoms with van der Waals surface area (Å²) in [6.45, 7) is 2.89. The van der Waals surface area contributed by atoms with Gasteiger partial charge in [-0.15, -0.1) is 0 Å². The quantitative estimate of drug-likeness (QED) is 0.895. The summed E-state index contributed by atoms with van der Waals surface area (Å²) in [5.41, 5.74) is 1.18. The maximum atomic E-state index is 10.1. The number of nitrogens with zero attached hydrogens (tertiary/aromatic N) is 1. The van der Waals surface area contributed by atoms with Crippen molar-refractivity contribution in [3.05, 3.63) is 29.8 Å². The Morgan fingerprint density at radius 2 is 2.00 bits per heavy atom. The van der Waals surface area contributed by atoms with Crippen LogP contribution in [0.15, 0.2) is 24.3 Å². The summed E-state index contributed by atoms with van der Waals surface area (Å²) in [5, 5.41) is 10.1. The highest BCUT2D eigenvalue weighted by Crippen LogP contribution is 2.50. The fourth-order valence-electron chi connectivity index (χ4n) is 4.00. The molecule has 22 heavy (non-hydrogen) atoms. The number of ether oxygens (including phenoxy) is 1. The van der Waals surface area contributed by atoms with Crippen LogP contribution in [0.5, 0.6) is 5.75 Å². The fourth-order valence-corrected chi connectivity index (χ4v) is 6.63. The highest BCUT2D eigenvalue weighted by atomic mass is 32.2. The molecule has 0 bridgehead atoms. The molecule has 0 aliphatic carbocycles. The Balaban J connectivity index is 1.61. The normalized spacial score (nSPS) is 32.9. The van der Waals surface area contributed by atoms with Gasteiger partial charge in [0.15, 0.2) is 0 Å². The molecule has 0 radical (unpaired) electrons. The van der Waals surface area contributed by atoms with Crippen molar-refractivity contribution < 1.29 is 9.84 Å². The van der Waals surface area contributed by atoms with Gasteiger partial charge >= 0.3 is 0 Å². The first-order chi connectivity index (χ1) is 10.8. The zero-order chi connectivity index (χ0) is 15.0. The number of fused-ring (bicyclic) bond motifs is 3. The van der Waals surface area contributed by atoms with Gasteiger partial charge in [-0.05, 0) is 11.6 Å². The van der Waals surface area contributed by atoms with E-state index in [9.17, 15) is 5.11 Å². The van der Waals surface area contributed by atoms with Gasteiger partial charge in [0, 0.05) is 53.5 Å². The van der Waals surface area contributed by atoms with E-state index in [0.29, 0.717) is 18.6 Å². The molecule has 3 aliphatic rings. The number of para-hydroxylation sites is 1. The zero-order valence-electron chi connectivity index (χ0n) is 12.7. The molecule has 0 aromatic heterocycles. The van der Waals surface area contributed by atoms with Crippen molar-refractivity contribution in [2.75, 3.05) is 49.3 Å². The maximum Gasteiger partial charge on any atom is 0.122 e. The Morgan fingerprint density at radius 3 is 2.77 bits per heavy atom.